The molecule has 2 rings (SSSR count). The van der Waals surface area contributed by atoms with E-state index >= 15 is 0 Å². The minimum absolute atomic E-state index is 0.149. The van der Waals surface area contributed by atoms with Gasteiger partial charge in [0.25, 0.3) is 11.8 Å². The maximum atomic E-state index is 12.3. The monoisotopic (exact) mass is 329 g/mol. The molecule has 2 amide bonds. The van der Waals surface area contributed by atoms with Crippen LogP contribution in [-0.4, -0.2) is 23.3 Å². The van der Waals surface area contributed by atoms with Crippen LogP contribution < -0.4 is 10.6 Å². The fourth-order valence-electron chi connectivity index (χ4n) is 1.89. The van der Waals surface area contributed by atoms with Crippen LogP contribution in [0.2, 0.25) is 5.02 Å². The number of halogens is 1. The lowest BCUT2D eigenvalue weighted by molar-refractivity contribution is 0.0958. The Labute approximate surface area is 139 Å². The van der Waals surface area contributed by atoms with Crippen molar-refractivity contribution in [2.75, 3.05) is 11.9 Å². The molecule has 6 heteroatoms. The summed E-state index contributed by atoms with van der Waals surface area (Å²) in [6, 6.07) is 8.22. The van der Waals surface area contributed by atoms with Crippen LogP contribution in [0.4, 0.5) is 5.69 Å². The average molecular weight is 330 g/mol. The highest BCUT2D eigenvalue weighted by Crippen LogP contribution is 2.23. The van der Waals surface area contributed by atoms with Crippen LogP contribution in [0.1, 0.15) is 26.4 Å². The van der Waals surface area contributed by atoms with Crippen molar-refractivity contribution in [2.45, 2.75) is 6.92 Å². The zero-order chi connectivity index (χ0) is 16.8. The number of anilines is 1. The van der Waals surface area contributed by atoms with Crippen LogP contribution in [0.3, 0.4) is 0 Å². The number of rotatable bonds is 5. The number of aromatic nitrogens is 1. The third-order valence-electron chi connectivity index (χ3n) is 3.18. The summed E-state index contributed by atoms with van der Waals surface area (Å²) in [4.78, 5) is 28.2. The first-order valence-corrected chi connectivity index (χ1v) is 7.32. The molecular formula is C17H16ClN3O2. The number of carbonyl (C=O) groups excluding carboxylic acids is 2. The molecular weight excluding hydrogens is 314 g/mol. The van der Waals surface area contributed by atoms with Gasteiger partial charge in [0, 0.05) is 29.0 Å². The molecule has 23 heavy (non-hydrogen) atoms. The average Bonchev–Trinajstić information content (AvgIpc) is 2.57. The Morgan fingerprint density at radius 3 is 2.83 bits per heavy atom. The Balaban J connectivity index is 2.18. The summed E-state index contributed by atoms with van der Waals surface area (Å²) in [6.45, 7) is 5.69. The molecule has 0 atom stereocenters. The minimum Gasteiger partial charge on any atom is -0.349 e. The summed E-state index contributed by atoms with van der Waals surface area (Å²) in [6.07, 6.45) is 3.00. The van der Waals surface area contributed by atoms with Gasteiger partial charge in [0.15, 0.2) is 0 Å². The third kappa shape index (κ3) is 4.17. The molecule has 2 N–H and O–H groups in total. The second-order valence-electron chi connectivity index (χ2n) is 4.79. The van der Waals surface area contributed by atoms with Gasteiger partial charge in [-0.2, -0.15) is 0 Å². The van der Waals surface area contributed by atoms with Crippen LogP contribution in [0, 0.1) is 6.92 Å². The molecule has 0 saturated carbocycles. The maximum Gasteiger partial charge on any atom is 0.274 e. The van der Waals surface area contributed by atoms with Crippen molar-refractivity contribution in [1.29, 1.82) is 0 Å². The van der Waals surface area contributed by atoms with Gasteiger partial charge < -0.3 is 10.6 Å². The quantitative estimate of drug-likeness (QED) is 0.827. The van der Waals surface area contributed by atoms with E-state index in [9.17, 15) is 9.59 Å². The van der Waals surface area contributed by atoms with Gasteiger partial charge in [-0.15, -0.1) is 6.58 Å². The number of benzene rings is 1. The predicted molar refractivity (Wildman–Crippen MR) is 90.9 cm³/mol. The summed E-state index contributed by atoms with van der Waals surface area (Å²) in [5, 5.41) is 5.95. The first kappa shape index (κ1) is 16.7. The number of hydrogen-bond donors (Lipinski definition) is 2. The molecule has 0 aliphatic carbocycles. The van der Waals surface area contributed by atoms with Gasteiger partial charge in [0.2, 0.25) is 0 Å². The van der Waals surface area contributed by atoms with Gasteiger partial charge in [-0.25, -0.2) is 0 Å². The lowest BCUT2D eigenvalue weighted by Crippen LogP contribution is -2.24. The van der Waals surface area contributed by atoms with Gasteiger partial charge in [0.05, 0.1) is 0 Å². The number of amides is 2. The fourth-order valence-corrected chi connectivity index (χ4v) is 2.07. The summed E-state index contributed by atoms with van der Waals surface area (Å²) in [5.74, 6) is -0.700. The number of hydrogen-bond acceptors (Lipinski definition) is 3. The highest BCUT2D eigenvalue weighted by atomic mass is 35.5. The van der Waals surface area contributed by atoms with E-state index in [1.807, 2.05) is 6.92 Å². The van der Waals surface area contributed by atoms with E-state index in [1.165, 1.54) is 12.3 Å². The largest absolute Gasteiger partial charge is 0.349 e. The molecule has 0 spiro atoms. The Hall–Kier alpha value is -2.66. The molecule has 0 aliphatic rings. The molecule has 1 aromatic heterocycles. The van der Waals surface area contributed by atoms with E-state index in [4.69, 9.17) is 11.6 Å². The van der Waals surface area contributed by atoms with E-state index in [2.05, 4.69) is 22.2 Å². The van der Waals surface area contributed by atoms with Crippen molar-refractivity contribution in [1.82, 2.24) is 10.3 Å². The summed E-state index contributed by atoms with van der Waals surface area (Å²) in [5.41, 5.74) is 1.87. The molecule has 0 saturated heterocycles. The number of nitrogens with zero attached hydrogens (tertiary/aromatic N) is 1. The third-order valence-corrected chi connectivity index (χ3v) is 3.59. The van der Waals surface area contributed by atoms with Crippen molar-refractivity contribution >= 4 is 29.1 Å². The first-order chi connectivity index (χ1) is 11.0. The second-order valence-corrected chi connectivity index (χ2v) is 5.20. The highest BCUT2D eigenvalue weighted by molar-refractivity contribution is 6.31. The number of nitrogens with one attached hydrogen (secondary N) is 2. The molecule has 0 aliphatic heterocycles. The first-order valence-electron chi connectivity index (χ1n) is 6.94. The molecule has 118 valence electrons. The van der Waals surface area contributed by atoms with E-state index in [0.717, 1.165) is 5.56 Å². The van der Waals surface area contributed by atoms with Crippen LogP contribution in [0.25, 0.3) is 0 Å². The van der Waals surface area contributed by atoms with Crippen molar-refractivity contribution in [3.05, 3.63) is 71.0 Å². The fraction of sp³-hybridized carbons (Fsp3) is 0.118. The van der Waals surface area contributed by atoms with Gasteiger partial charge in [-0.05, 0) is 36.8 Å². The van der Waals surface area contributed by atoms with Crippen molar-refractivity contribution < 1.29 is 9.59 Å². The molecule has 5 nitrogen and oxygen atoms in total. The molecule has 2 aromatic rings. The van der Waals surface area contributed by atoms with Crippen molar-refractivity contribution in [2.24, 2.45) is 0 Å². The zero-order valence-electron chi connectivity index (χ0n) is 12.6. The van der Waals surface area contributed by atoms with E-state index in [-0.39, 0.29) is 11.6 Å². The molecule has 0 unspecified atom stereocenters. The number of pyridine rings is 1. The van der Waals surface area contributed by atoms with E-state index in [0.29, 0.717) is 22.8 Å². The normalized spacial score (nSPS) is 10.0. The van der Waals surface area contributed by atoms with Gasteiger partial charge in [0.1, 0.15) is 5.69 Å². The molecule has 0 bridgehead atoms. The SMILES string of the molecule is C=CCNC(=O)c1ccnc(C(=O)Nc2cccc(Cl)c2C)c1. The Kier molecular flexibility index (Phi) is 5.49. The molecule has 0 fully saturated rings. The van der Waals surface area contributed by atoms with Crippen molar-refractivity contribution in [3.63, 3.8) is 0 Å². The van der Waals surface area contributed by atoms with Crippen LogP contribution in [0.5, 0.6) is 0 Å². The highest BCUT2D eigenvalue weighted by Gasteiger charge is 2.13. The van der Waals surface area contributed by atoms with E-state index < -0.39 is 5.91 Å². The predicted octanol–water partition coefficient (Wildman–Crippen LogP) is 3.21. The topological polar surface area (TPSA) is 71.1 Å². The van der Waals surface area contributed by atoms with E-state index in [1.54, 1.807) is 30.3 Å². The minimum atomic E-state index is -0.409. The Bertz CT molecular complexity index is 759. The maximum absolute atomic E-state index is 12.3. The van der Waals surface area contributed by atoms with Crippen LogP contribution in [-0.2, 0) is 0 Å². The van der Waals surface area contributed by atoms with Gasteiger partial charge in [-0.3, -0.25) is 14.6 Å². The molecule has 0 radical (unpaired) electrons. The van der Waals surface area contributed by atoms with Crippen LogP contribution >= 0.6 is 11.6 Å². The number of carbonyl (C=O) groups is 2. The lowest BCUT2D eigenvalue weighted by Gasteiger charge is -2.09. The van der Waals surface area contributed by atoms with Crippen molar-refractivity contribution in [3.8, 4) is 0 Å². The summed E-state index contributed by atoms with van der Waals surface area (Å²) >= 11 is 6.03. The smallest absolute Gasteiger partial charge is 0.274 e. The Morgan fingerprint density at radius 1 is 1.30 bits per heavy atom. The standard InChI is InChI=1S/C17H16ClN3O2/c1-3-8-20-16(22)12-7-9-19-15(10-12)17(23)21-14-6-4-5-13(18)11(14)2/h3-7,9-10H,1,8H2,2H3,(H,20,22)(H,21,23). The Morgan fingerprint density at radius 2 is 2.09 bits per heavy atom. The molecule has 1 heterocycles. The summed E-state index contributed by atoms with van der Waals surface area (Å²) < 4.78 is 0. The van der Waals surface area contributed by atoms with Gasteiger partial charge in [-0.1, -0.05) is 23.7 Å². The van der Waals surface area contributed by atoms with Gasteiger partial charge >= 0.3 is 0 Å². The van der Waals surface area contributed by atoms with Crippen LogP contribution in [0.15, 0.2) is 49.2 Å². The zero-order valence-corrected chi connectivity index (χ0v) is 13.4. The summed E-state index contributed by atoms with van der Waals surface area (Å²) in [7, 11) is 0. The molecule has 1 aromatic carbocycles. The second kappa shape index (κ2) is 7.56. The lowest BCUT2D eigenvalue weighted by atomic mass is 10.1.